The lowest BCUT2D eigenvalue weighted by Gasteiger charge is -2.32. The maximum atomic E-state index is 12.5. The summed E-state index contributed by atoms with van der Waals surface area (Å²) in [6, 6.07) is -0.179. The maximum Gasteiger partial charge on any atom is 0.240 e. The molecule has 7 heteroatoms. The van der Waals surface area contributed by atoms with E-state index in [1.54, 1.807) is 5.51 Å². The number of hydrogen-bond acceptors (Lipinski definition) is 6. The number of ether oxygens (including phenoxy) is 1. The number of aromatic nitrogens is 2. The summed E-state index contributed by atoms with van der Waals surface area (Å²) in [4.78, 5) is 14.4. The summed E-state index contributed by atoms with van der Waals surface area (Å²) in [5.41, 5.74) is 1.70. The van der Waals surface area contributed by atoms with Gasteiger partial charge in [0.2, 0.25) is 5.91 Å². The number of rotatable bonds is 5. The first-order valence-corrected chi connectivity index (χ1v) is 7.41. The van der Waals surface area contributed by atoms with E-state index in [1.165, 1.54) is 11.3 Å². The monoisotopic (exact) mass is 284 g/mol. The van der Waals surface area contributed by atoms with Crippen LogP contribution in [0.5, 0.6) is 0 Å². The zero-order valence-electron chi connectivity index (χ0n) is 11.3. The Balaban J connectivity index is 1.92. The average Bonchev–Trinajstić information content (AvgIpc) is 2.92. The fraction of sp³-hybridized carbons (Fsp3) is 0.750. The molecule has 1 unspecified atom stereocenters. The van der Waals surface area contributed by atoms with E-state index in [0.29, 0.717) is 32.8 Å². The molecule has 19 heavy (non-hydrogen) atoms. The largest absolute Gasteiger partial charge is 0.378 e. The molecule has 1 aliphatic rings. The molecular formula is C12H20N4O2S. The molecule has 1 aromatic heterocycles. The fourth-order valence-corrected chi connectivity index (χ4v) is 2.54. The molecule has 1 atom stereocenters. The van der Waals surface area contributed by atoms with E-state index >= 15 is 0 Å². The Hall–Kier alpha value is -1.05. The van der Waals surface area contributed by atoms with E-state index in [1.807, 2.05) is 4.90 Å². The Morgan fingerprint density at radius 2 is 2.26 bits per heavy atom. The molecule has 1 saturated heterocycles. The predicted octanol–water partition coefficient (Wildman–Crippen LogP) is 0.511. The topological polar surface area (TPSA) is 67.4 Å². The molecular weight excluding hydrogens is 264 g/mol. The molecule has 0 aromatic carbocycles. The molecule has 106 valence electrons. The van der Waals surface area contributed by atoms with Crippen LogP contribution in [0.15, 0.2) is 5.51 Å². The first-order valence-electron chi connectivity index (χ1n) is 6.53. The zero-order chi connectivity index (χ0) is 13.7. The summed E-state index contributed by atoms with van der Waals surface area (Å²) >= 11 is 1.49. The number of carbonyl (C=O) groups excluding carboxylic acids is 1. The highest BCUT2D eigenvalue weighted by molar-refractivity contribution is 7.09. The van der Waals surface area contributed by atoms with Gasteiger partial charge in [0.25, 0.3) is 0 Å². The van der Waals surface area contributed by atoms with Crippen molar-refractivity contribution in [1.82, 2.24) is 20.4 Å². The van der Waals surface area contributed by atoms with E-state index in [0.717, 1.165) is 5.01 Å². The van der Waals surface area contributed by atoms with Crippen LogP contribution >= 0.6 is 11.3 Å². The smallest absolute Gasteiger partial charge is 0.240 e. The zero-order valence-corrected chi connectivity index (χ0v) is 12.2. The van der Waals surface area contributed by atoms with Crippen molar-refractivity contribution in [1.29, 1.82) is 0 Å². The Morgan fingerprint density at radius 1 is 1.53 bits per heavy atom. The van der Waals surface area contributed by atoms with Crippen molar-refractivity contribution in [2.24, 2.45) is 5.92 Å². The van der Waals surface area contributed by atoms with Crippen molar-refractivity contribution in [2.45, 2.75) is 26.4 Å². The lowest BCUT2D eigenvalue weighted by Crippen LogP contribution is -2.52. The van der Waals surface area contributed by atoms with Crippen molar-refractivity contribution >= 4 is 17.2 Å². The Labute approximate surface area is 117 Å². The molecule has 0 spiro atoms. The van der Waals surface area contributed by atoms with Crippen molar-refractivity contribution in [3.05, 3.63) is 10.5 Å². The molecule has 1 aromatic rings. The Kier molecular flexibility index (Phi) is 5.24. The van der Waals surface area contributed by atoms with Gasteiger partial charge in [-0.05, 0) is 5.92 Å². The van der Waals surface area contributed by atoms with Crippen LogP contribution in [0, 0.1) is 5.92 Å². The number of morpholine rings is 1. The molecule has 2 rings (SSSR count). The second-order valence-corrected chi connectivity index (χ2v) is 5.79. The van der Waals surface area contributed by atoms with Crippen LogP contribution in [0.2, 0.25) is 0 Å². The third-order valence-electron chi connectivity index (χ3n) is 3.13. The first-order chi connectivity index (χ1) is 9.18. The van der Waals surface area contributed by atoms with Crippen LogP contribution in [0.25, 0.3) is 0 Å². The Morgan fingerprint density at radius 3 is 2.84 bits per heavy atom. The summed E-state index contributed by atoms with van der Waals surface area (Å²) in [6.45, 7) is 7.32. The lowest BCUT2D eigenvalue weighted by molar-refractivity contribution is -0.138. The molecule has 1 N–H and O–H groups in total. The van der Waals surface area contributed by atoms with Crippen molar-refractivity contribution in [3.63, 3.8) is 0 Å². The minimum absolute atomic E-state index is 0.155. The van der Waals surface area contributed by atoms with E-state index in [9.17, 15) is 4.79 Å². The average molecular weight is 284 g/mol. The minimum atomic E-state index is -0.179. The molecule has 2 heterocycles. The van der Waals surface area contributed by atoms with Crippen LogP contribution in [-0.2, 0) is 16.1 Å². The van der Waals surface area contributed by atoms with Crippen LogP contribution in [0.3, 0.4) is 0 Å². The molecule has 0 aliphatic carbocycles. The van der Waals surface area contributed by atoms with Crippen molar-refractivity contribution in [2.75, 3.05) is 26.3 Å². The fourth-order valence-electron chi connectivity index (χ4n) is 2.06. The lowest BCUT2D eigenvalue weighted by atomic mass is 10.0. The highest BCUT2D eigenvalue weighted by Crippen LogP contribution is 2.10. The van der Waals surface area contributed by atoms with E-state index in [2.05, 4.69) is 29.4 Å². The van der Waals surface area contributed by atoms with Crippen LogP contribution in [-0.4, -0.2) is 53.3 Å². The summed E-state index contributed by atoms with van der Waals surface area (Å²) in [5, 5.41) is 12.0. The number of nitrogens with one attached hydrogen (secondary N) is 1. The highest BCUT2D eigenvalue weighted by Gasteiger charge is 2.27. The Bertz CT molecular complexity index is 390. The number of amides is 1. The standard InChI is InChI=1S/C12H20N4O2S/c1-9(2)11(13-7-10-15-14-8-19-10)12(17)16-3-5-18-6-4-16/h8-9,11,13H,3-7H2,1-2H3. The molecule has 1 fully saturated rings. The molecule has 0 radical (unpaired) electrons. The minimum Gasteiger partial charge on any atom is -0.378 e. The summed E-state index contributed by atoms with van der Waals surface area (Å²) in [5.74, 6) is 0.395. The second-order valence-electron chi connectivity index (χ2n) is 4.87. The highest BCUT2D eigenvalue weighted by atomic mass is 32.1. The van der Waals surface area contributed by atoms with Gasteiger partial charge in [0, 0.05) is 13.1 Å². The third kappa shape index (κ3) is 3.95. The van der Waals surface area contributed by atoms with E-state index in [-0.39, 0.29) is 17.9 Å². The summed E-state index contributed by atoms with van der Waals surface area (Å²) in [6.07, 6.45) is 0. The van der Waals surface area contributed by atoms with Gasteiger partial charge in [0.15, 0.2) is 0 Å². The van der Waals surface area contributed by atoms with Crippen LogP contribution in [0.1, 0.15) is 18.9 Å². The predicted molar refractivity (Wildman–Crippen MR) is 72.8 cm³/mol. The molecule has 0 saturated carbocycles. The summed E-state index contributed by atoms with van der Waals surface area (Å²) < 4.78 is 5.28. The van der Waals surface area contributed by atoms with E-state index in [4.69, 9.17) is 4.74 Å². The number of carbonyl (C=O) groups is 1. The normalized spacial score (nSPS) is 17.7. The van der Waals surface area contributed by atoms with Gasteiger partial charge >= 0.3 is 0 Å². The first kappa shape index (κ1) is 14.4. The molecule has 1 amide bonds. The third-order valence-corrected chi connectivity index (χ3v) is 3.83. The van der Waals surface area contributed by atoms with Crippen molar-refractivity contribution < 1.29 is 9.53 Å². The van der Waals surface area contributed by atoms with Crippen LogP contribution in [0.4, 0.5) is 0 Å². The SMILES string of the molecule is CC(C)C(NCc1nncs1)C(=O)N1CCOCC1. The van der Waals surface area contributed by atoms with Gasteiger partial charge < -0.3 is 9.64 Å². The van der Waals surface area contributed by atoms with Crippen molar-refractivity contribution in [3.8, 4) is 0 Å². The number of nitrogens with zero attached hydrogens (tertiary/aromatic N) is 3. The van der Waals surface area contributed by atoms with Gasteiger partial charge in [0.05, 0.1) is 25.8 Å². The van der Waals surface area contributed by atoms with E-state index < -0.39 is 0 Å². The van der Waals surface area contributed by atoms with Gasteiger partial charge in [-0.3, -0.25) is 10.1 Å². The maximum absolute atomic E-state index is 12.5. The molecule has 0 bridgehead atoms. The van der Waals surface area contributed by atoms with Gasteiger partial charge in [0.1, 0.15) is 10.5 Å². The summed E-state index contributed by atoms with van der Waals surface area (Å²) in [7, 11) is 0. The number of hydrogen-bond donors (Lipinski definition) is 1. The molecule has 6 nitrogen and oxygen atoms in total. The van der Waals surface area contributed by atoms with Gasteiger partial charge in [-0.25, -0.2) is 0 Å². The van der Waals surface area contributed by atoms with Gasteiger partial charge in [-0.15, -0.1) is 21.5 Å². The van der Waals surface area contributed by atoms with Gasteiger partial charge in [-0.1, -0.05) is 13.8 Å². The second kappa shape index (κ2) is 6.93. The quantitative estimate of drug-likeness (QED) is 0.853. The van der Waals surface area contributed by atoms with Gasteiger partial charge in [-0.2, -0.15) is 0 Å². The molecule has 1 aliphatic heterocycles. The van der Waals surface area contributed by atoms with Crippen LogP contribution < -0.4 is 5.32 Å².